The van der Waals surface area contributed by atoms with Crippen LogP contribution in [0, 0.1) is 24.1 Å². The number of nitriles is 1. The maximum absolute atomic E-state index is 13.1. The lowest BCUT2D eigenvalue weighted by atomic mass is 10.0. The van der Waals surface area contributed by atoms with E-state index in [1.165, 1.54) is 18.2 Å². The number of aryl methyl sites for hydroxylation is 2. The zero-order chi connectivity index (χ0) is 15.4. The van der Waals surface area contributed by atoms with E-state index >= 15 is 0 Å². The van der Waals surface area contributed by atoms with E-state index in [0.717, 1.165) is 11.3 Å². The van der Waals surface area contributed by atoms with Crippen molar-refractivity contribution in [3.05, 3.63) is 46.4 Å². The maximum Gasteiger partial charge on any atom is 0.257 e. The van der Waals surface area contributed by atoms with E-state index in [2.05, 4.69) is 16.3 Å². The molecule has 2 rings (SSSR count). The summed E-state index contributed by atoms with van der Waals surface area (Å²) in [5.41, 5.74) is 2.69. The van der Waals surface area contributed by atoms with E-state index in [1.807, 2.05) is 13.8 Å². The quantitative estimate of drug-likeness (QED) is 0.859. The normalized spacial score (nSPS) is 10.2. The van der Waals surface area contributed by atoms with Crippen molar-refractivity contribution in [3.8, 4) is 17.7 Å². The smallest absolute Gasteiger partial charge is 0.257 e. The van der Waals surface area contributed by atoms with Crippen molar-refractivity contribution in [1.82, 2.24) is 10.2 Å². The number of hydrogen-bond acceptors (Lipinski definition) is 4. The lowest BCUT2D eigenvalue weighted by Gasteiger charge is -2.12. The summed E-state index contributed by atoms with van der Waals surface area (Å²) in [5.74, 6) is 0.303. The molecule has 21 heavy (non-hydrogen) atoms. The van der Waals surface area contributed by atoms with Gasteiger partial charge < -0.3 is 4.74 Å². The number of benzene rings is 1. The van der Waals surface area contributed by atoms with Crippen LogP contribution < -0.4 is 4.74 Å². The molecule has 1 aromatic heterocycles. The molecular formula is C16H16FN3O. The average molecular weight is 285 g/mol. The Hall–Kier alpha value is -2.48. The summed E-state index contributed by atoms with van der Waals surface area (Å²) in [6, 6.07) is 6.34. The zero-order valence-corrected chi connectivity index (χ0v) is 12.3. The molecule has 0 atom stereocenters. The van der Waals surface area contributed by atoms with Crippen LogP contribution in [0.3, 0.4) is 0 Å². The molecule has 0 N–H and O–H groups in total. The third-order valence-corrected chi connectivity index (χ3v) is 3.27. The Morgan fingerprint density at radius 2 is 2.00 bits per heavy atom. The Labute approximate surface area is 123 Å². The molecule has 0 fully saturated rings. The molecule has 0 amide bonds. The first-order valence-electron chi connectivity index (χ1n) is 6.83. The molecule has 2 aromatic rings. The highest BCUT2D eigenvalue weighted by atomic mass is 19.1. The van der Waals surface area contributed by atoms with E-state index in [1.54, 1.807) is 6.92 Å². The summed E-state index contributed by atoms with van der Waals surface area (Å²) in [6.45, 7) is 5.66. The first-order chi connectivity index (χ1) is 10.1. The van der Waals surface area contributed by atoms with Crippen LogP contribution in [-0.4, -0.2) is 10.2 Å². The van der Waals surface area contributed by atoms with Crippen LogP contribution in [0.5, 0.6) is 11.6 Å². The number of rotatable bonds is 4. The second kappa shape index (κ2) is 6.31. The van der Waals surface area contributed by atoms with Gasteiger partial charge in [0.1, 0.15) is 23.2 Å². The number of halogens is 1. The highest BCUT2D eigenvalue weighted by molar-refractivity contribution is 5.48. The van der Waals surface area contributed by atoms with Crippen molar-refractivity contribution in [2.75, 3.05) is 0 Å². The summed E-state index contributed by atoms with van der Waals surface area (Å²) < 4.78 is 18.8. The third kappa shape index (κ3) is 3.00. The fourth-order valence-corrected chi connectivity index (χ4v) is 2.17. The topological polar surface area (TPSA) is 58.8 Å². The van der Waals surface area contributed by atoms with Crippen molar-refractivity contribution < 1.29 is 9.13 Å². The molecule has 0 saturated carbocycles. The van der Waals surface area contributed by atoms with Gasteiger partial charge in [-0.25, -0.2) is 4.39 Å². The van der Waals surface area contributed by atoms with Gasteiger partial charge in [0.15, 0.2) is 0 Å². The standard InChI is InChI=1S/C16H16FN3O/c1-4-12-13(9-18)16(20-19-14(12)5-2)21-15-7-6-11(17)8-10(15)3/h6-8H,4-5H2,1-3H3. The third-order valence-electron chi connectivity index (χ3n) is 3.27. The average Bonchev–Trinajstić information content (AvgIpc) is 2.49. The van der Waals surface area contributed by atoms with Crippen LogP contribution in [0.4, 0.5) is 4.39 Å². The lowest BCUT2D eigenvalue weighted by Crippen LogP contribution is -2.05. The Balaban J connectivity index is 2.47. The van der Waals surface area contributed by atoms with Crippen LogP contribution in [0.2, 0.25) is 0 Å². The minimum Gasteiger partial charge on any atom is -0.436 e. The predicted octanol–water partition coefficient (Wildman–Crippen LogP) is 3.71. The second-order valence-corrected chi connectivity index (χ2v) is 4.64. The van der Waals surface area contributed by atoms with Gasteiger partial charge in [0.2, 0.25) is 0 Å². The van der Waals surface area contributed by atoms with Gasteiger partial charge in [-0.1, -0.05) is 13.8 Å². The molecule has 1 heterocycles. The molecule has 5 heteroatoms. The molecule has 0 aliphatic rings. The van der Waals surface area contributed by atoms with Crippen molar-refractivity contribution in [1.29, 1.82) is 5.26 Å². The monoisotopic (exact) mass is 285 g/mol. The summed E-state index contributed by atoms with van der Waals surface area (Å²) in [7, 11) is 0. The minimum absolute atomic E-state index is 0.168. The largest absolute Gasteiger partial charge is 0.436 e. The van der Waals surface area contributed by atoms with Gasteiger partial charge in [0.25, 0.3) is 5.88 Å². The van der Waals surface area contributed by atoms with E-state index in [4.69, 9.17) is 4.74 Å². The first kappa shape index (κ1) is 14.9. The molecule has 0 aliphatic heterocycles. The van der Waals surface area contributed by atoms with Gasteiger partial charge in [0.05, 0.1) is 5.69 Å². The molecule has 0 unspecified atom stereocenters. The zero-order valence-electron chi connectivity index (χ0n) is 12.3. The number of ether oxygens (including phenoxy) is 1. The van der Waals surface area contributed by atoms with Crippen LogP contribution >= 0.6 is 0 Å². The highest BCUT2D eigenvalue weighted by Gasteiger charge is 2.16. The summed E-state index contributed by atoms with van der Waals surface area (Å²) >= 11 is 0. The number of aromatic nitrogens is 2. The summed E-state index contributed by atoms with van der Waals surface area (Å²) in [4.78, 5) is 0. The van der Waals surface area contributed by atoms with Crippen LogP contribution in [0.25, 0.3) is 0 Å². The molecular weight excluding hydrogens is 269 g/mol. The SMILES string of the molecule is CCc1nnc(Oc2ccc(F)cc2C)c(C#N)c1CC. The van der Waals surface area contributed by atoms with Gasteiger partial charge in [-0.15, -0.1) is 5.10 Å². The van der Waals surface area contributed by atoms with Gasteiger partial charge in [-0.3, -0.25) is 0 Å². The van der Waals surface area contributed by atoms with Crippen molar-refractivity contribution in [2.45, 2.75) is 33.6 Å². The van der Waals surface area contributed by atoms with E-state index < -0.39 is 0 Å². The van der Waals surface area contributed by atoms with Gasteiger partial charge in [-0.05, 0) is 49.1 Å². The van der Waals surface area contributed by atoms with Gasteiger partial charge in [0, 0.05) is 0 Å². The molecule has 0 spiro atoms. The number of nitrogens with zero attached hydrogens (tertiary/aromatic N) is 3. The number of hydrogen-bond donors (Lipinski definition) is 0. The molecule has 0 aliphatic carbocycles. The fourth-order valence-electron chi connectivity index (χ4n) is 2.17. The summed E-state index contributed by atoms with van der Waals surface area (Å²) in [6.07, 6.45) is 1.39. The van der Waals surface area contributed by atoms with Crippen LogP contribution in [0.15, 0.2) is 18.2 Å². The Bertz CT molecular complexity index is 707. The molecule has 0 bridgehead atoms. The van der Waals surface area contributed by atoms with Crippen LogP contribution in [-0.2, 0) is 12.8 Å². The molecule has 1 aromatic carbocycles. The van der Waals surface area contributed by atoms with Crippen molar-refractivity contribution >= 4 is 0 Å². The maximum atomic E-state index is 13.1. The van der Waals surface area contributed by atoms with Crippen molar-refractivity contribution in [3.63, 3.8) is 0 Å². The Morgan fingerprint density at radius 1 is 1.24 bits per heavy atom. The van der Waals surface area contributed by atoms with E-state index in [9.17, 15) is 9.65 Å². The fraction of sp³-hybridized carbons (Fsp3) is 0.312. The van der Waals surface area contributed by atoms with Crippen LogP contribution in [0.1, 0.15) is 36.2 Å². The Morgan fingerprint density at radius 3 is 2.57 bits per heavy atom. The molecule has 4 nitrogen and oxygen atoms in total. The van der Waals surface area contributed by atoms with E-state index in [-0.39, 0.29) is 11.7 Å². The minimum atomic E-state index is -0.331. The van der Waals surface area contributed by atoms with Crippen molar-refractivity contribution in [2.24, 2.45) is 0 Å². The van der Waals surface area contributed by atoms with E-state index in [0.29, 0.717) is 29.7 Å². The molecule has 108 valence electrons. The highest BCUT2D eigenvalue weighted by Crippen LogP contribution is 2.28. The summed E-state index contributed by atoms with van der Waals surface area (Å²) in [5, 5.41) is 17.5. The predicted molar refractivity (Wildman–Crippen MR) is 76.7 cm³/mol. The van der Waals surface area contributed by atoms with Gasteiger partial charge >= 0.3 is 0 Å². The molecule has 0 radical (unpaired) electrons. The molecule has 0 saturated heterocycles. The first-order valence-corrected chi connectivity index (χ1v) is 6.83. The van der Waals surface area contributed by atoms with Gasteiger partial charge in [-0.2, -0.15) is 10.4 Å². The second-order valence-electron chi connectivity index (χ2n) is 4.64. The Kier molecular flexibility index (Phi) is 4.49. The lowest BCUT2D eigenvalue weighted by molar-refractivity contribution is 0.446.